The number of rotatable bonds is 7. The van der Waals surface area contributed by atoms with Crippen LogP contribution in [0.1, 0.15) is 36.5 Å². The highest BCUT2D eigenvalue weighted by atomic mass is 35.5. The first-order valence-electron chi connectivity index (χ1n) is 7.35. The number of benzene rings is 1. The van der Waals surface area contributed by atoms with Gasteiger partial charge in [0.2, 0.25) is 0 Å². The summed E-state index contributed by atoms with van der Waals surface area (Å²) in [6.07, 6.45) is 4.97. The van der Waals surface area contributed by atoms with Crippen LogP contribution in [-0.2, 0) is 4.79 Å². The average molecular weight is 336 g/mol. The second-order valence-electron chi connectivity index (χ2n) is 5.16. The molecule has 1 heterocycles. The monoisotopic (exact) mass is 335 g/mol. The first-order chi connectivity index (χ1) is 11.0. The van der Waals surface area contributed by atoms with Gasteiger partial charge in [0.1, 0.15) is 6.04 Å². The van der Waals surface area contributed by atoms with Gasteiger partial charge in [-0.2, -0.15) is 5.10 Å². The van der Waals surface area contributed by atoms with Crippen LogP contribution in [0.25, 0.3) is 5.69 Å². The Morgan fingerprint density at radius 3 is 2.65 bits per heavy atom. The summed E-state index contributed by atoms with van der Waals surface area (Å²) in [5.41, 5.74) is 1.07. The summed E-state index contributed by atoms with van der Waals surface area (Å²) in [6, 6.07) is 6.12. The lowest BCUT2D eigenvalue weighted by molar-refractivity contribution is -0.139. The number of hydrogen-bond donors (Lipinski definition) is 2. The Labute approximate surface area is 139 Å². The number of carbonyl (C=O) groups excluding carboxylic acids is 1. The van der Waals surface area contributed by atoms with Gasteiger partial charge in [-0.05, 0) is 30.7 Å². The van der Waals surface area contributed by atoms with Crippen LogP contribution in [0, 0.1) is 0 Å². The van der Waals surface area contributed by atoms with Crippen molar-refractivity contribution in [2.45, 2.75) is 32.2 Å². The molecule has 0 aliphatic carbocycles. The van der Waals surface area contributed by atoms with Crippen LogP contribution in [0.2, 0.25) is 5.02 Å². The Morgan fingerprint density at radius 1 is 1.35 bits per heavy atom. The SMILES string of the molecule is CCCC[C@H](NC(=O)c1cnn(-c2ccc(Cl)cc2)c1)C(=O)O. The maximum absolute atomic E-state index is 12.2. The molecule has 2 N–H and O–H groups in total. The summed E-state index contributed by atoms with van der Waals surface area (Å²) in [5.74, 6) is -1.48. The topological polar surface area (TPSA) is 84.2 Å². The van der Waals surface area contributed by atoms with Gasteiger partial charge in [-0.3, -0.25) is 4.79 Å². The Kier molecular flexibility index (Phi) is 5.76. The van der Waals surface area contributed by atoms with Gasteiger partial charge in [-0.1, -0.05) is 31.4 Å². The molecule has 0 unspecified atom stereocenters. The highest BCUT2D eigenvalue weighted by molar-refractivity contribution is 6.30. The summed E-state index contributed by atoms with van der Waals surface area (Å²) in [5, 5.41) is 16.4. The maximum atomic E-state index is 12.2. The lowest BCUT2D eigenvalue weighted by Crippen LogP contribution is -2.40. The predicted molar refractivity (Wildman–Crippen MR) is 87.0 cm³/mol. The van der Waals surface area contributed by atoms with Gasteiger partial charge >= 0.3 is 5.97 Å². The average Bonchev–Trinajstić information content (AvgIpc) is 3.01. The molecule has 1 atom stereocenters. The third-order valence-electron chi connectivity index (χ3n) is 3.39. The van der Waals surface area contributed by atoms with E-state index < -0.39 is 17.9 Å². The second-order valence-corrected chi connectivity index (χ2v) is 5.59. The zero-order valence-corrected chi connectivity index (χ0v) is 13.5. The number of unbranched alkanes of at least 4 members (excludes halogenated alkanes) is 1. The number of carboxylic acids is 1. The van der Waals surface area contributed by atoms with Gasteiger partial charge in [0.25, 0.3) is 5.91 Å². The molecule has 0 spiro atoms. The second kappa shape index (κ2) is 7.78. The number of amides is 1. The molecule has 23 heavy (non-hydrogen) atoms. The van der Waals surface area contributed by atoms with Gasteiger partial charge in [-0.15, -0.1) is 0 Å². The third kappa shape index (κ3) is 4.56. The summed E-state index contributed by atoms with van der Waals surface area (Å²) in [4.78, 5) is 23.4. The fourth-order valence-corrected chi connectivity index (χ4v) is 2.21. The van der Waals surface area contributed by atoms with Crippen LogP contribution in [0.4, 0.5) is 0 Å². The fraction of sp³-hybridized carbons (Fsp3) is 0.312. The zero-order chi connectivity index (χ0) is 16.8. The number of carboxylic acid groups (broad SMARTS) is 1. The molecule has 122 valence electrons. The van der Waals surface area contributed by atoms with E-state index in [0.29, 0.717) is 17.0 Å². The van der Waals surface area contributed by atoms with E-state index in [0.717, 1.165) is 18.5 Å². The van der Waals surface area contributed by atoms with Gasteiger partial charge < -0.3 is 10.4 Å². The molecule has 0 bridgehead atoms. The van der Waals surface area contributed by atoms with Crippen molar-refractivity contribution in [1.82, 2.24) is 15.1 Å². The lowest BCUT2D eigenvalue weighted by Gasteiger charge is -2.13. The summed E-state index contributed by atoms with van der Waals surface area (Å²) >= 11 is 5.83. The van der Waals surface area contributed by atoms with Crippen LogP contribution in [0.5, 0.6) is 0 Å². The van der Waals surface area contributed by atoms with Crippen LogP contribution in [0.3, 0.4) is 0 Å². The Morgan fingerprint density at radius 2 is 2.04 bits per heavy atom. The predicted octanol–water partition coefficient (Wildman–Crippen LogP) is 2.90. The van der Waals surface area contributed by atoms with E-state index in [-0.39, 0.29) is 0 Å². The van der Waals surface area contributed by atoms with Gasteiger partial charge in [0.15, 0.2) is 0 Å². The zero-order valence-electron chi connectivity index (χ0n) is 12.7. The molecule has 1 amide bonds. The van der Waals surface area contributed by atoms with E-state index in [9.17, 15) is 9.59 Å². The van der Waals surface area contributed by atoms with E-state index in [4.69, 9.17) is 16.7 Å². The molecule has 1 aromatic heterocycles. The molecular formula is C16H18ClN3O3. The van der Waals surface area contributed by atoms with Crippen molar-refractivity contribution >= 4 is 23.5 Å². The minimum Gasteiger partial charge on any atom is -0.480 e. The van der Waals surface area contributed by atoms with Crippen molar-refractivity contribution in [3.05, 3.63) is 47.2 Å². The molecule has 6 nitrogen and oxygen atoms in total. The van der Waals surface area contributed by atoms with E-state index in [1.807, 2.05) is 6.92 Å². The van der Waals surface area contributed by atoms with E-state index in [2.05, 4.69) is 10.4 Å². The normalized spacial score (nSPS) is 11.9. The standard InChI is InChI=1S/C16H18ClN3O3/c1-2-3-4-14(16(22)23)19-15(21)11-9-18-20(10-11)13-7-5-12(17)6-8-13/h5-10,14H,2-4H2,1H3,(H,19,21)(H,22,23)/t14-/m0/s1. The summed E-state index contributed by atoms with van der Waals surface area (Å²) < 4.78 is 1.53. The summed E-state index contributed by atoms with van der Waals surface area (Å²) in [6.45, 7) is 1.97. The number of aliphatic carboxylic acids is 1. The molecule has 7 heteroatoms. The number of halogens is 1. The minimum absolute atomic E-state index is 0.308. The highest BCUT2D eigenvalue weighted by Gasteiger charge is 2.20. The molecule has 0 aliphatic rings. The molecule has 2 aromatic rings. The number of nitrogens with zero attached hydrogens (tertiary/aromatic N) is 2. The van der Waals surface area contributed by atoms with Crippen molar-refractivity contribution < 1.29 is 14.7 Å². The Hall–Kier alpha value is -2.34. The lowest BCUT2D eigenvalue weighted by atomic mass is 10.1. The van der Waals surface area contributed by atoms with Crippen molar-refractivity contribution in [2.24, 2.45) is 0 Å². The van der Waals surface area contributed by atoms with Crippen molar-refractivity contribution in [1.29, 1.82) is 0 Å². The molecule has 2 rings (SSSR count). The summed E-state index contributed by atoms with van der Waals surface area (Å²) in [7, 11) is 0. The van der Waals surface area contributed by atoms with Crippen LogP contribution in [0.15, 0.2) is 36.7 Å². The van der Waals surface area contributed by atoms with Gasteiger partial charge in [0.05, 0.1) is 17.4 Å². The first kappa shape index (κ1) is 17.0. The highest BCUT2D eigenvalue weighted by Crippen LogP contribution is 2.13. The molecule has 1 aromatic carbocycles. The molecule has 0 radical (unpaired) electrons. The third-order valence-corrected chi connectivity index (χ3v) is 3.64. The number of aromatic nitrogens is 2. The minimum atomic E-state index is -1.03. The number of hydrogen-bond acceptors (Lipinski definition) is 3. The van der Waals surface area contributed by atoms with E-state index in [1.165, 1.54) is 10.9 Å². The molecular weight excluding hydrogens is 318 g/mol. The Bertz CT molecular complexity index is 682. The molecule has 0 saturated carbocycles. The van der Waals surface area contributed by atoms with Crippen LogP contribution >= 0.6 is 11.6 Å². The molecule has 0 aliphatic heterocycles. The smallest absolute Gasteiger partial charge is 0.326 e. The quantitative estimate of drug-likeness (QED) is 0.814. The maximum Gasteiger partial charge on any atom is 0.326 e. The number of nitrogens with one attached hydrogen (secondary N) is 1. The first-order valence-corrected chi connectivity index (χ1v) is 7.73. The van der Waals surface area contributed by atoms with Crippen LogP contribution < -0.4 is 5.32 Å². The van der Waals surface area contributed by atoms with E-state index in [1.54, 1.807) is 30.5 Å². The van der Waals surface area contributed by atoms with Gasteiger partial charge in [-0.25, -0.2) is 9.48 Å². The van der Waals surface area contributed by atoms with Crippen molar-refractivity contribution in [3.63, 3.8) is 0 Å². The largest absolute Gasteiger partial charge is 0.480 e. The Balaban J connectivity index is 2.08. The molecule has 0 saturated heterocycles. The molecule has 0 fully saturated rings. The van der Waals surface area contributed by atoms with Crippen molar-refractivity contribution in [2.75, 3.05) is 0 Å². The fourth-order valence-electron chi connectivity index (χ4n) is 2.08. The van der Waals surface area contributed by atoms with Crippen molar-refractivity contribution in [3.8, 4) is 5.69 Å². The van der Waals surface area contributed by atoms with E-state index >= 15 is 0 Å². The number of carbonyl (C=O) groups is 2. The van der Waals surface area contributed by atoms with Crippen LogP contribution in [-0.4, -0.2) is 32.8 Å². The van der Waals surface area contributed by atoms with Gasteiger partial charge in [0, 0.05) is 11.2 Å².